The molecule has 0 fully saturated rings. The molecule has 2 aromatic heterocycles. The van der Waals surface area contributed by atoms with Crippen LogP contribution in [-0.4, -0.2) is 25.5 Å². The van der Waals surface area contributed by atoms with Crippen molar-refractivity contribution in [1.82, 2.24) is 19.7 Å². The Hall–Kier alpha value is -2.73. The van der Waals surface area contributed by atoms with Crippen molar-refractivity contribution in [3.63, 3.8) is 0 Å². The molecule has 6 nitrogen and oxygen atoms in total. The summed E-state index contributed by atoms with van der Waals surface area (Å²) in [6.07, 6.45) is 2.09. The Kier molecular flexibility index (Phi) is 4.44. The van der Waals surface area contributed by atoms with Gasteiger partial charge in [0.1, 0.15) is 0 Å². The molecule has 0 atom stereocenters. The lowest BCUT2D eigenvalue weighted by Crippen LogP contribution is -2.15. The highest BCUT2D eigenvalue weighted by Gasteiger charge is 2.28. The third kappa shape index (κ3) is 3.32. The van der Waals surface area contributed by atoms with Gasteiger partial charge in [-0.3, -0.25) is 4.79 Å². The lowest BCUT2D eigenvalue weighted by molar-refractivity contribution is 0.0973. The van der Waals surface area contributed by atoms with Crippen molar-refractivity contribution >= 4 is 28.9 Å². The monoisotopic (exact) mass is 381 g/mol. The number of ketones is 1. The van der Waals surface area contributed by atoms with Crippen LogP contribution in [0.1, 0.15) is 45.8 Å². The third-order valence-electron chi connectivity index (χ3n) is 4.67. The van der Waals surface area contributed by atoms with Gasteiger partial charge in [0.25, 0.3) is 5.95 Å². The molecule has 0 bridgehead atoms. The molecular formula is C20H20ClN5O. The van der Waals surface area contributed by atoms with Gasteiger partial charge in [0.15, 0.2) is 11.6 Å². The average Bonchev–Trinajstić information content (AvgIpc) is 2.97. The Bertz CT molecular complexity index is 1040. The van der Waals surface area contributed by atoms with Crippen LogP contribution in [-0.2, 0) is 6.42 Å². The summed E-state index contributed by atoms with van der Waals surface area (Å²) in [5.41, 5.74) is 5.00. The summed E-state index contributed by atoms with van der Waals surface area (Å²) in [6, 6.07) is 7.61. The van der Waals surface area contributed by atoms with E-state index >= 15 is 0 Å². The minimum Gasteiger partial charge on any atom is -0.338 e. The lowest BCUT2D eigenvalue weighted by atomic mass is 9.96. The third-order valence-corrected chi connectivity index (χ3v) is 5.08. The molecule has 3 aromatic rings. The number of fused-ring (bicyclic) bond motifs is 1. The molecule has 0 saturated heterocycles. The number of aryl methyl sites for hydroxylation is 3. The zero-order valence-corrected chi connectivity index (χ0v) is 16.3. The summed E-state index contributed by atoms with van der Waals surface area (Å²) in [6.45, 7) is 5.79. The van der Waals surface area contributed by atoms with E-state index < -0.39 is 0 Å². The van der Waals surface area contributed by atoms with Crippen molar-refractivity contribution in [3.05, 3.63) is 57.5 Å². The molecule has 2 heterocycles. The summed E-state index contributed by atoms with van der Waals surface area (Å²) in [5.74, 6) is 1.11. The number of rotatable bonds is 3. The molecule has 1 aromatic carbocycles. The Balaban J connectivity index is 1.83. The second-order valence-corrected chi connectivity index (χ2v) is 7.31. The maximum atomic E-state index is 12.6. The molecule has 1 N–H and O–H groups in total. The zero-order chi connectivity index (χ0) is 19.1. The summed E-state index contributed by atoms with van der Waals surface area (Å²) in [7, 11) is 0. The highest BCUT2D eigenvalue weighted by Crippen LogP contribution is 2.32. The zero-order valence-electron chi connectivity index (χ0n) is 15.5. The molecule has 0 unspecified atom stereocenters. The summed E-state index contributed by atoms with van der Waals surface area (Å²) in [4.78, 5) is 21.7. The highest BCUT2D eigenvalue weighted by molar-refractivity contribution is 6.31. The number of halogens is 1. The molecule has 1 aliphatic carbocycles. The molecule has 138 valence electrons. The number of carbonyl (C=O) groups excluding carboxylic acids is 1. The predicted octanol–water partition coefficient (Wildman–Crippen LogP) is 4.50. The first-order valence-corrected chi connectivity index (χ1v) is 9.31. The minimum absolute atomic E-state index is 0.0904. The normalized spacial score (nSPS) is 13.6. The topological polar surface area (TPSA) is 72.7 Å². The van der Waals surface area contributed by atoms with Crippen molar-refractivity contribution in [2.24, 2.45) is 0 Å². The number of aromatic nitrogens is 4. The van der Waals surface area contributed by atoms with Crippen LogP contribution in [0.4, 0.5) is 11.5 Å². The summed E-state index contributed by atoms with van der Waals surface area (Å²) >= 11 is 6.24. The lowest BCUT2D eigenvalue weighted by Gasteiger charge is -2.13. The molecule has 0 saturated carbocycles. The number of Topliss-reactive ketones (excluding diaryl/α,β-unsaturated/α-hetero) is 1. The van der Waals surface area contributed by atoms with E-state index in [1.54, 1.807) is 4.68 Å². The van der Waals surface area contributed by atoms with Crippen molar-refractivity contribution in [2.45, 2.75) is 40.0 Å². The van der Waals surface area contributed by atoms with Gasteiger partial charge in [0.2, 0.25) is 0 Å². The summed E-state index contributed by atoms with van der Waals surface area (Å²) < 4.78 is 1.70. The fourth-order valence-electron chi connectivity index (χ4n) is 3.38. The van der Waals surface area contributed by atoms with E-state index in [2.05, 4.69) is 20.4 Å². The van der Waals surface area contributed by atoms with E-state index in [1.165, 1.54) is 0 Å². The Morgan fingerprint density at radius 1 is 1.07 bits per heavy atom. The van der Waals surface area contributed by atoms with E-state index in [-0.39, 0.29) is 5.78 Å². The summed E-state index contributed by atoms with van der Waals surface area (Å²) in [5, 5.41) is 8.58. The molecule has 0 aliphatic heterocycles. The van der Waals surface area contributed by atoms with Crippen LogP contribution in [0.5, 0.6) is 0 Å². The van der Waals surface area contributed by atoms with Crippen LogP contribution in [0.15, 0.2) is 24.3 Å². The van der Waals surface area contributed by atoms with E-state index in [9.17, 15) is 4.79 Å². The van der Waals surface area contributed by atoms with Gasteiger partial charge in [-0.05, 0) is 57.4 Å². The highest BCUT2D eigenvalue weighted by atomic mass is 35.5. The van der Waals surface area contributed by atoms with Gasteiger partial charge >= 0.3 is 0 Å². The molecule has 27 heavy (non-hydrogen) atoms. The van der Waals surface area contributed by atoms with Crippen LogP contribution in [0.25, 0.3) is 5.95 Å². The number of carbonyl (C=O) groups is 1. The van der Waals surface area contributed by atoms with Gasteiger partial charge in [-0.25, -0.2) is 14.6 Å². The SMILES string of the molecule is Cc1cc(C)nc(-n2nc(Nc3ccc(C)c(Cl)c3)c3c2CCCC3=O)n1. The van der Waals surface area contributed by atoms with Crippen molar-refractivity contribution in [2.75, 3.05) is 5.32 Å². The van der Waals surface area contributed by atoms with Crippen molar-refractivity contribution in [1.29, 1.82) is 0 Å². The molecule has 4 rings (SSSR count). The molecule has 0 radical (unpaired) electrons. The van der Waals surface area contributed by atoms with Gasteiger partial charge in [0.05, 0.1) is 11.3 Å². The van der Waals surface area contributed by atoms with Gasteiger partial charge in [0, 0.05) is 28.5 Å². The van der Waals surface area contributed by atoms with Gasteiger partial charge in [-0.15, -0.1) is 5.10 Å². The number of anilines is 2. The quantitative estimate of drug-likeness (QED) is 0.722. The molecule has 0 spiro atoms. The number of nitrogens with one attached hydrogen (secondary N) is 1. The number of hydrogen-bond acceptors (Lipinski definition) is 5. The van der Waals surface area contributed by atoms with E-state index in [0.29, 0.717) is 28.8 Å². The number of benzene rings is 1. The van der Waals surface area contributed by atoms with Crippen LogP contribution < -0.4 is 5.32 Å². The second kappa shape index (κ2) is 6.78. The predicted molar refractivity (Wildman–Crippen MR) is 105 cm³/mol. The largest absolute Gasteiger partial charge is 0.338 e. The van der Waals surface area contributed by atoms with Crippen LogP contribution in [0, 0.1) is 20.8 Å². The van der Waals surface area contributed by atoms with Crippen LogP contribution >= 0.6 is 11.6 Å². The van der Waals surface area contributed by atoms with Crippen LogP contribution in [0.3, 0.4) is 0 Å². The maximum absolute atomic E-state index is 12.6. The smallest absolute Gasteiger partial charge is 0.251 e. The average molecular weight is 382 g/mol. The minimum atomic E-state index is 0.0904. The first-order valence-electron chi connectivity index (χ1n) is 8.93. The van der Waals surface area contributed by atoms with E-state index in [1.807, 2.05) is 45.0 Å². The Morgan fingerprint density at radius 3 is 2.52 bits per heavy atom. The van der Waals surface area contributed by atoms with Crippen molar-refractivity contribution in [3.8, 4) is 5.95 Å². The maximum Gasteiger partial charge on any atom is 0.251 e. The fraction of sp³-hybridized carbons (Fsp3) is 0.300. The first kappa shape index (κ1) is 17.7. The van der Waals surface area contributed by atoms with Gasteiger partial charge < -0.3 is 5.32 Å². The molecule has 7 heteroatoms. The standard InChI is InChI=1S/C20H20ClN5O/c1-11-7-8-14(10-15(11)21)24-19-18-16(5-4-6-17(18)27)26(25-19)20-22-12(2)9-13(3)23-20/h7-10H,4-6H2,1-3H3,(H,24,25). The first-order chi connectivity index (χ1) is 12.9. The van der Waals surface area contributed by atoms with Gasteiger partial charge in [-0.2, -0.15) is 0 Å². The Labute approximate surface area is 162 Å². The molecule has 1 aliphatic rings. The van der Waals surface area contributed by atoms with Crippen LogP contribution in [0.2, 0.25) is 5.02 Å². The molecule has 0 amide bonds. The number of hydrogen-bond donors (Lipinski definition) is 1. The molecular weight excluding hydrogens is 362 g/mol. The second-order valence-electron chi connectivity index (χ2n) is 6.90. The Morgan fingerprint density at radius 2 is 1.81 bits per heavy atom. The van der Waals surface area contributed by atoms with E-state index in [4.69, 9.17) is 11.6 Å². The van der Waals surface area contributed by atoms with Crippen molar-refractivity contribution < 1.29 is 4.79 Å². The fourth-order valence-corrected chi connectivity index (χ4v) is 3.56. The number of nitrogens with zero attached hydrogens (tertiary/aromatic N) is 4. The van der Waals surface area contributed by atoms with E-state index in [0.717, 1.165) is 41.2 Å². The van der Waals surface area contributed by atoms with Gasteiger partial charge in [-0.1, -0.05) is 17.7 Å².